The normalized spacial score (nSPS) is 10.8. The number of nitrogens with one attached hydrogen (secondary N) is 1. The van der Waals surface area contributed by atoms with E-state index in [4.69, 9.17) is 9.72 Å². The molecule has 0 fully saturated rings. The fourth-order valence-electron chi connectivity index (χ4n) is 3.10. The zero-order chi connectivity index (χ0) is 19.5. The first kappa shape index (κ1) is 17.9. The van der Waals surface area contributed by atoms with Gasteiger partial charge in [-0.3, -0.25) is 4.98 Å². The van der Waals surface area contributed by atoms with Gasteiger partial charge in [-0.2, -0.15) is 0 Å². The van der Waals surface area contributed by atoms with Gasteiger partial charge in [0.2, 0.25) is 0 Å². The maximum atomic E-state index is 14.0. The van der Waals surface area contributed by atoms with Crippen LogP contribution in [0, 0.1) is 5.82 Å². The lowest BCUT2D eigenvalue weighted by Crippen LogP contribution is -1.99. The third-order valence-corrected chi connectivity index (χ3v) is 4.37. The Morgan fingerprint density at radius 1 is 1.00 bits per heavy atom. The van der Waals surface area contributed by atoms with Crippen molar-refractivity contribution in [1.82, 2.24) is 15.0 Å². The van der Waals surface area contributed by atoms with Gasteiger partial charge in [0.15, 0.2) is 5.82 Å². The molecule has 28 heavy (non-hydrogen) atoms. The summed E-state index contributed by atoms with van der Waals surface area (Å²) in [7, 11) is 1.82. The third-order valence-electron chi connectivity index (χ3n) is 4.37. The highest BCUT2D eigenvalue weighted by molar-refractivity contribution is 5.93. The number of hydrogen-bond donors (Lipinski definition) is 1. The summed E-state index contributed by atoms with van der Waals surface area (Å²) in [4.78, 5) is 13.5. The van der Waals surface area contributed by atoms with E-state index in [2.05, 4.69) is 15.3 Å². The van der Waals surface area contributed by atoms with Crippen molar-refractivity contribution in [3.05, 3.63) is 66.7 Å². The lowest BCUT2D eigenvalue weighted by molar-refractivity contribution is 0.338. The quantitative estimate of drug-likeness (QED) is 0.536. The maximum absolute atomic E-state index is 14.0. The molecule has 5 nitrogen and oxygen atoms in total. The molecule has 0 unspecified atom stereocenters. The molecule has 0 radical (unpaired) electrons. The number of anilines is 1. The summed E-state index contributed by atoms with van der Waals surface area (Å²) in [6, 6.07) is 14.3. The minimum absolute atomic E-state index is 0.337. The fourth-order valence-corrected chi connectivity index (χ4v) is 3.10. The van der Waals surface area contributed by atoms with Crippen LogP contribution in [0.4, 0.5) is 10.2 Å². The Morgan fingerprint density at radius 2 is 1.89 bits per heavy atom. The monoisotopic (exact) mass is 374 g/mol. The van der Waals surface area contributed by atoms with E-state index in [9.17, 15) is 4.39 Å². The van der Waals surface area contributed by atoms with Crippen molar-refractivity contribution in [2.75, 3.05) is 19.0 Å². The second-order valence-electron chi connectivity index (χ2n) is 6.23. The Balaban J connectivity index is 1.86. The van der Waals surface area contributed by atoms with E-state index in [1.165, 1.54) is 12.1 Å². The Labute approximate surface area is 162 Å². The van der Waals surface area contributed by atoms with Crippen LogP contribution in [0.15, 0.2) is 60.9 Å². The first-order valence-corrected chi connectivity index (χ1v) is 9.01. The van der Waals surface area contributed by atoms with Crippen LogP contribution in [0.5, 0.6) is 5.75 Å². The lowest BCUT2D eigenvalue weighted by Gasteiger charge is -2.11. The van der Waals surface area contributed by atoms with Crippen LogP contribution in [0.1, 0.15) is 6.92 Å². The van der Waals surface area contributed by atoms with Crippen molar-refractivity contribution in [3.63, 3.8) is 0 Å². The first-order chi connectivity index (χ1) is 13.7. The molecule has 0 aliphatic heterocycles. The second kappa shape index (κ2) is 7.60. The van der Waals surface area contributed by atoms with Gasteiger partial charge in [-0.15, -0.1) is 0 Å². The van der Waals surface area contributed by atoms with Gasteiger partial charge in [-0.1, -0.05) is 6.07 Å². The molecule has 2 heterocycles. The zero-order valence-electron chi connectivity index (χ0n) is 15.6. The highest BCUT2D eigenvalue weighted by atomic mass is 19.1. The van der Waals surface area contributed by atoms with Gasteiger partial charge in [0.25, 0.3) is 0 Å². The number of hydrogen-bond acceptors (Lipinski definition) is 5. The summed E-state index contributed by atoms with van der Waals surface area (Å²) in [5.41, 5.74) is 3.18. The molecule has 0 atom stereocenters. The van der Waals surface area contributed by atoms with Crippen LogP contribution in [-0.2, 0) is 0 Å². The highest BCUT2D eigenvalue weighted by Crippen LogP contribution is 2.31. The van der Waals surface area contributed by atoms with Gasteiger partial charge in [-0.25, -0.2) is 14.4 Å². The minimum Gasteiger partial charge on any atom is -0.494 e. The van der Waals surface area contributed by atoms with E-state index in [0.717, 1.165) is 33.4 Å². The average Bonchev–Trinajstić information content (AvgIpc) is 2.73. The van der Waals surface area contributed by atoms with Crippen molar-refractivity contribution in [2.24, 2.45) is 0 Å². The van der Waals surface area contributed by atoms with Gasteiger partial charge < -0.3 is 10.1 Å². The SMILES string of the molecule is CCOc1cc(F)cc(-c2ccc3c(NC)nc(-c4cccnc4)nc3c2)c1. The molecule has 2 aromatic carbocycles. The third kappa shape index (κ3) is 3.49. The first-order valence-electron chi connectivity index (χ1n) is 9.01. The van der Waals surface area contributed by atoms with E-state index in [1.807, 2.05) is 50.4 Å². The molecule has 4 aromatic rings. The molecule has 4 rings (SSSR count). The molecule has 0 aliphatic rings. The van der Waals surface area contributed by atoms with Crippen LogP contribution in [0.25, 0.3) is 33.4 Å². The second-order valence-corrected chi connectivity index (χ2v) is 6.23. The molecular weight excluding hydrogens is 355 g/mol. The number of pyridine rings is 1. The van der Waals surface area contributed by atoms with Crippen LogP contribution in [-0.4, -0.2) is 28.6 Å². The average molecular weight is 374 g/mol. The molecule has 6 heteroatoms. The maximum Gasteiger partial charge on any atom is 0.163 e. The van der Waals surface area contributed by atoms with E-state index >= 15 is 0 Å². The highest BCUT2D eigenvalue weighted by Gasteiger charge is 2.11. The molecule has 0 bridgehead atoms. The van der Waals surface area contributed by atoms with E-state index < -0.39 is 0 Å². The molecular formula is C22H19FN4O. The van der Waals surface area contributed by atoms with Crippen molar-refractivity contribution in [3.8, 4) is 28.3 Å². The summed E-state index contributed by atoms with van der Waals surface area (Å²) in [5.74, 6) is 1.48. The number of aromatic nitrogens is 3. The Kier molecular flexibility index (Phi) is 4.85. The summed E-state index contributed by atoms with van der Waals surface area (Å²) < 4.78 is 19.5. The van der Waals surface area contributed by atoms with Crippen LogP contribution < -0.4 is 10.1 Å². The smallest absolute Gasteiger partial charge is 0.163 e. The number of ether oxygens (including phenoxy) is 1. The van der Waals surface area contributed by atoms with Crippen molar-refractivity contribution in [2.45, 2.75) is 6.92 Å². The summed E-state index contributed by atoms with van der Waals surface area (Å²) in [5, 5.41) is 4.01. The molecule has 140 valence electrons. The van der Waals surface area contributed by atoms with Crippen molar-refractivity contribution < 1.29 is 9.13 Å². The molecule has 0 amide bonds. The molecule has 0 spiro atoms. The van der Waals surface area contributed by atoms with Crippen LogP contribution >= 0.6 is 0 Å². The zero-order valence-corrected chi connectivity index (χ0v) is 15.6. The molecule has 0 saturated carbocycles. The Morgan fingerprint density at radius 3 is 2.64 bits per heavy atom. The van der Waals surface area contributed by atoms with Gasteiger partial charge in [0, 0.05) is 36.5 Å². The topological polar surface area (TPSA) is 59.9 Å². The van der Waals surface area contributed by atoms with E-state index in [-0.39, 0.29) is 5.82 Å². The number of nitrogens with zero attached hydrogens (tertiary/aromatic N) is 3. The predicted molar refractivity (Wildman–Crippen MR) is 109 cm³/mol. The minimum atomic E-state index is -0.337. The van der Waals surface area contributed by atoms with Crippen LogP contribution in [0.2, 0.25) is 0 Å². The molecule has 0 saturated heterocycles. The number of benzene rings is 2. The molecule has 0 aliphatic carbocycles. The summed E-state index contributed by atoms with van der Waals surface area (Å²) in [6.45, 7) is 2.35. The Bertz CT molecular complexity index is 1130. The largest absolute Gasteiger partial charge is 0.494 e. The molecule has 2 aromatic heterocycles. The van der Waals surface area contributed by atoms with E-state index in [0.29, 0.717) is 18.2 Å². The van der Waals surface area contributed by atoms with Gasteiger partial charge in [-0.05, 0) is 54.4 Å². The predicted octanol–water partition coefficient (Wildman–Crippen LogP) is 4.94. The van der Waals surface area contributed by atoms with Crippen molar-refractivity contribution in [1.29, 1.82) is 0 Å². The fraction of sp³-hybridized carbons (Fsp3) is 0.136. The Hall–Kier alpha value is -3.54. The lowest BCUT2D eigenvalue weighted by atomic mass is 10.0. The van der Waals surface area contributed by atoms with Gasteiger partial charge >= 0.3 is 0 Å². The van der Waals surface area contributed by atoms with Gasteiger partial charge in [0.05, 0.1) is 12.1 Å². The number of fused-ring (bicyclic) bond motifs is 1. The van der Waals surface area contributed by atoms with Crippen LogP contribution in [0.3, 0.4) is 0 Å². The number of rotatable bonds is 5. The molecule has 1 N–H and O–H groups in total. The summed E-state index contributed by atoms with van der Waals surface area (Å²) in [6.07, 6.45) is 3.44. The standard InChI is InChI=1S/C22H19FN4O/c1-3-28-18-10-16(9-17(23)12-18)14-6-7-19-20(11-14)26-21(27-22(19)24-2)15-5-4-8-25-13-15/h4-13H,3H2,1-2H3,(H,24,26,27). The number of halogens is 1. The van der Waals surface area contributed by atoms with Crippen molar-refractivity contribution >= 4 is 16.7 Å². The van der Waals surface area contributed by atoms with Gasteiger partial charge in [0.1, 0.15) is 17.4 Å². The van der Waals surface area contributed by atoms with E-state index in [1.54, 1.807) is 12.4 Å². The summed E-state index contributed by atoms with van der Waals surface area (Å²) >= 11 is 0.